The number of likely N-dealkylation sites (tertiary alicyclic amines) is 1. The SMILES string of the molecule is CN=C(NCCCNC(=O)c1occc1C)NC1CCN(Cc2ccsc2)CC1.I. The van der Waals surface area contributed by atoms with E-state index in [9.17, 15) is 4.79 Å². The van der Waals surface area contributed by atoms with Crippen LogP contribution in [0, 0.1) is 6.92 Å². The molecule has 3 heterocycles. The van der Waals surface area contributed by atoms with Crippen LogP contribution in [0.3, 0.4) is 0 Å². The molecular weight excluding hydrogens is 513 g/mol. The molecule has 166 valence electrons. The van der Waals surface area contributed by atoms with Gasteiger partial charge in [-0.15, -0.1) is 24.0 Å². The van der Waals surface area contributed by atoms with Crippen LogP contribution in [0.2, 0.25) is 0 Å². The topological polar surface area (TPSA) is 81.9 Å². The molecule has 3 rings (SSSR count). The Kier molecular flexibility index (Phi) is 10.7. The molecule has 1 saturated heterocycles. The molecule has 1 aliphatic heterocycles. The number of halogens is 1. The fourth-order valence-corrected chi connectivity index (χ4v) is 4.11. The molecule has 0 saturated carbocycles. The lowest BCUT2D eigenvalue weighted by molar-refractivity contribution is 0.0925. The van der Waals surface area contributed by atoms with E-state index < -0.39 is 0 Å². The highest BCUT2D eigenvalue weighted by molar-refractivity contribution is 14.0. The lowest BCUT2D eigenvalue weighted by Crippen LogP contribution is -2.48. The molecule has 30 heavy (non-hydrogen) atoms. The molecule has 0 radical (unpaired) electrons. The Hall–Kier alpha value is -1.59. The third-order valence-corrected chi connectivity index (χ3v) is 5.87. The lowest BCUT2D eigenvalue weighted by atomic mass is 10.0. The summed E-state index contributed by atoms with van der Waals surface area (Å²) in [5, 5.41) is 14.1. The number of rotatable bonds is 8. The van der Waals surface area contributed by atoms with Gasteiger partial charge in [-0.25, -0.2) is 0 Å². The van der Waals surface area contributed by atoms with Gasteiger partial charge in [0.05, 0.1) is 6.26 Å². The number of thiophene rings is 1. The molecule has 9 heteroatoms. The molecule has 0 unspecified atom stereocenters. The van der Waals surface area contributed by atoms with Gasteiger partial charge in [-0.3, -0.25) is 14.7 Å². The summed E-state index contributed by atoms with van der Waals surface area (Å²) >= 11 is 1.76. The summed E-state index contributed by atoms with van der Waals surface area (Å²) in [4.78, 5) is 18.8. The van der Waals surface area contributed by atoms with E-state index in [0.29, 0.717) is 18.3 Å². The maximum atomic E-state index is 12.0. The van der Waals surface area contributed by atoms with Crippen LogP contribution in [0.1, 0.15) is 40.9 Å². The predicted octanol–water partition coefficient (Wildman–Crippen LogP) is 3.22. The van der Waals surface area contributed by atoms with Crippen LogP contribution in [0.15, 0.2) is 38.6 Å². The molecule has 1 aliphatic rings. The van der Waals surface area contributed by atoms with Crippen molar-refractivity contribution in [3.8, 4) is 0 Å². The van der Waals surface area contributed by atoms with Gasteiger partial charge in [0, 0.05) is 51.4 Å². The summed E-state index contributed by atoms with van der Waals surface area (Å²) in [6, 6.07) is 4.44. The number of aryl methyl sites for hydroxylation is 1. The first-order valence-corrected chi connectivity index (χ1v) is 11.1. The number of amides is 1. The van der Waals surface area contributed by atoms with Crippen molar-refractivity contribution in [1.82, 2.24) is 20.9 Å². The second-order valence-electron chi connectivity index (χ2n) is 7.37. The first-order valence-electron chi connectivity index (χ1n) is 10.2. The van der Waals surface area contributed by atoms with E-state index in [-0.39, 0.29) is 29.9 Å². The van der Waals surface area contributed by atoms with Crippen molar-refractivity contribution >= 4 is 47.2 Å². The van der Waals surface area contributed by atoms with Crippen LogP contribution < -0.4 is 16.0 Å². The van der Waals surface area contributed by atoms with Crippen LogP contribution >= 0.6 is 35.3 Å². The lowest BCUT2D eigenvalue weighted by Gasteiger charge is -2.32. The minimum Gasteiger partial charge on any atom is -0.459 e. The Labute approximate surface area is 199 Å². The Bertz CT molecular complexity index is 785. The van der Waals surface area contributed by atoms with E-state index in [1.165, 1.54) is 11.8 Å². The third-order valence-electron chi connectivity index (χ3n) is 5.14. The maximum Gasteiger partial charge on any atom is 0.287 e. The largest absolute Gasteiger partial charge is 0.459 e. The molecule has 2 aromatic rings. The zero-order valence-electron chi connectivity index (χ0n) is 17.6. The average Bonchev–Trinajstić information content (AvgIpc) is 3.39. The van der Waals surface area contributed by atoms with Gasteiger partial charge in [-0.2, -0.15) is 11.3 Å². The van der Waals surface area contributed by atoms with Crippen LogP contribution in [0.4, 0.5) is 0 Å². The number of carbonyl (C=O) groups is 1. The highest BCUT2D eigenvalue weighted by Crippen LogP contribution is 2.15. The molecule has 1 amide bonds. The molecule has 0 bridgehead atoms. The number of hydrogen-bond acceptors (Lipinski definition) is 5. The van der Waals surface area contributed by atoms with E-state index in [1.807, 2.05) is 6.92 Å². The number of hydrogen-bond donors (Lipinski definition) is 3. The number of guanidine groups is 1. The smallest absolute Gasteiger partial charge is 0.287 e. The standard InChI is InChI=1S/C21H31N5O2S.HI/c1-16-6-12-28-19(16)20(27)23-8-3-9-24-21(22-2)25-18-4-10-26(11-5-18)14-17-7-13-29-15-17;/h6-7,12-13,15,18H,3-5,8-11,14H2,1-2H3,(H,23,27)(H2,22,24,25);1H. The van der Waals surface area contributed by atoms with E-state index in [4.69, 9.17) is 4.42 Å². The van der Waals surface area contributed by atoms with E-state index in [1.54, 1.807) is 24.5 Å². The average molecular weight is 545 g/mol. The van der Waals surface area contributed by atoms with Gasteiger partial charge in [0.15, 0.2) is 11.7 Å². The molecule has 0 aromatic carbocycles. The van der Waals surface area contributed by atoms with Crippen molar-refractivity contribution in [3.05, 3.63) is 46.0 Å². The highest BCUT2D eigenvalue weighted by atomic mass is 127. The molecule has 0 spiro atoms. The van der Waals surface area contributed by atoms with Gasteiger partial charge in [0.25, 0.3) is 5.91 Å². The second kappa shape index (κ2) is 13.0. The van der Waals surface area contributed by atoms with Crippen molar-refractivity contribution in [1.29, 1.82) is 0 Å². The first-order chi connectivity index (χ1) is 14.2. The fraction of sp³-hybridized carbons (Fsp3) is 0.524. The third kappa shape index (κ3) is 7.59. The van der Waals surface area contributed by atoms with Crippen molar-refractivity contribution in [2.45, 2.75) is 38.8 Å². The fourth-order valence-electron chi connectivity index (χ4n) is 3.45. The Morgan fingerprint density at radius 1 is 1.27 bits per heavy atom. The van der Waals surface area contributed by atoms with Crippen LogP contribution in [0.5, 0.6) is 0 Å². The number of furan rings is 1. The molecule has 0 aliphatic carbocycles. The van der Waals surface area contributed by atoms with E-state index in [0.717, 1.165) is 57.0 Å². The Morgan fingerprint density at radius 2 is 2.03 bits per heavy atom. The normalized spacial score (nSPS) is 15.5. The van der Waals surface area contributed by atoms with Crippen molar-refractivity contribution in [2.75, 3.05) is 33.2 Å². The molecule has 7 nitrogen and oxygen atoms in total. The summed E-state index contributed by atoms with van der Waals surface area (Å²) in [5.74, 6) is 1.06. The van der Waals surface area contributed by atoms with Gasteiger partial charge in [0.2, 0.25) is 0 Å². The number of nitrogens with zero attached hydrogens (tertiary/aromatic N) is 2. The van der Waals surface area contributed by atoms with Crippen molar-refractivity contribution in [3.63, 3.8) is 0 Å². The molecule has 2 aromatic heterocycles. The van der Waals surface area contributed by atoms with Crippen molar-refractivity contribution < 1.29 is 9.21 Å². The van der Waals surface area contributed by atoms with Gasteiger partial charge in [-0.1, -0.05) is 0 Å². The van der Waals surface area contributed by atoms with Crippen LogP contribution in [-0.4, -0.2) is 56.0 Å². The molecule has 3 N–H and O–H groups in total. The maximum absolute atomic E-state index is 12.0. The second-order valence-corrected chi connectivity index (χ2v) is 8.15. The first kappa shape index (κ1) is 24.7. The summed E-state index contributed by atoms with van der Waals surface area (Å²) < 4.78 is 5.20. The van der Waals surface area contributed by atoms with Gasteiger partial charge < -0.3 is 20.4 Å². The number of carbonyl (C=O) groups excluding carboxylic acids is 1. The van der Waals surface area contributed by atoms with Gasteiger partial charge >= 0.3 is 0 Å². The monoisotopic (exact) mass is 545 g/mol. The minimum atomic E-state index is -0.163. The van der Waals surface area contributed by atoms with Gasteiger partial charge in [0.1, 0.15) is 0 Å². The Morgan fingerprint density at radius 3 is 2.67 bits per heavy atom. The van der Waals surface area contributed by atoms with E-state index in [2.05, 4.69) is 42.7 Å². The Balaban J connectivity index is 0.00000320. The molecular formula is C21H32IN5O2S. The zero-order valence-corrected chi connectivity index (χ0v) is 20.8. The zero-order chi connectivity index (χ0) is 20.5. The summed E-state index contributed by atoms with van der Waals surface area (Å²) in [7, 11) is 1.79. The van der Waals surface area contributed by atoms with E-state index >= 15 is 0 Å². The summed E-state index contributed by atoms with van der Waals surface area (Å²) in [6.45, 7) is 6.44. The van der Waals surface area contributed by atoms with Crippen LogP contribution in [-0.2, 0) is 6.54 Å². The predicted molar refractivity (Wildman–Crippen MR) is 133 cm³/mol. The quantitative estimate of drug-likeness (QED) is 0.206. The van der Waals surface area contributed by atoms with Crippen molar-refractivity contribution in [2.24, 2.45) is 4.99 Å². The number of aliphatic imine (C=N–C) groups is 1. The van der Waals surface area contributed by atoms with Gasteiger partial charge in [-0.05, 0) is 54.6 Å². The summed E-state index contributed by atoms with van der Waals surface area (Å²) in [5.41, 5.74) is 2.26. The molecule has 1 fully saturated rings. The molecule has 0 atom stereocenters. The number of nitrogens with one attached hydrogen (secondary N) is 3. The number of piperidine rings is 1. The minimum absolute atomic E-state index is 0. The van der Waals surface area contributed by atoms with Crippen LogP contribution in [0.25, 0.3) is 0 Å². The highest BCUT2D eigenvalue weighted by Gasteiger charge is 2.20. The summed E-state index contributed by atoms with van der Waals surface area (Å²) in [6.07, 6.45) is 4.58.